The highest BCUT2D eigenvalue weighted by molar-refractivity contribution is 7.09. The molecule has 0 fully saturated rings. The van der Waals surface area contributed by atoms with Crippen molar-refractivity contribution in [3.8, 4) is 0 Å². The van der Waals surface area contributed by atoms with Crippen molar-refractivity contribution in [3.05, 3.63) is 46.3 Å². The third-order valence-electron chi connectivity index (χ3n) is 3.59. The van der Waals surface area contributed by atoms with Gasteiger partial charge >= 0.3 is 0 Å². The third-order valence-corrected chi connectivity index (χ3v) is 4.52. The summed E-state index contributed by atoms with van der Waals surface area (Å²) in [7, 11) is 0. The second-order valence-electron chi connectivity index (χ2n) is 5.15. The number of guanidine groups is 1. The van der Waals surface area contributed by atoms with Gasteiger partial charge in [-0.3, -0.25) is 0 Å². The summed E-state index contributed by atoms with van der Waals surface area (Å²) in [5.41, 5.74) is 6.96. The molecule has 23 heavy (non-hydrogen) atoms. The molecule has 0 atom stereocenters. The van der Waals surface area contributed by atoms with E-state index in [2.05, 4.69) is 57.6 Å². The normalized spacial score (nSPS) is 11.5. The van der Waals surface area contributed by atoms with Gasteiger partial charge in [-0.15, -0.1) is 11.3 Å². The molecule has 0 saturated heterocycles. The van der Waals surface area contributed by atoms with Crippen LogP contribution in [0.5, 0.6) is 0 Å². The fraction of sp³-hybridized carbons (Fsp3) is 0.412. The lowest BCUT2D eigenvalue weighted by Crippen LogP contribution is -2.33. The molecular formula is C17H25N5S. The Morgan fingerprint density at radius 2 is 2.13 bits per heavy atom. The number of aliphatic imine (C=N–C) groups is 1. The highest BCUT2D eigenvalue weighted by atomic mass is 32.1. The molecule has 0 bridgehead atoms. The number of nitrogens with zero attached hydrogens (tertiary/aromatic N) is 3. The Balaban J connectivity index is 1.79. The zero-order valence-corrected chi connectivity index (χ0v) is 14.6. The lowest BCUT2D eigenvalue weighted by molar-refractivity contribution is 0.841. The summed E-state index contributed by atoms with van der Waals surface area (Å²) in [5.74, 6) is 1.49. The molecule has 0 unspecified atom stereocenters. The fourth-order valence-corrected chi connectivity index (χ4v) is 2.95. The molecule has 0 saturated carbocycles. The van der Waals surface area contributed by atoms with Crippen LogP contribution in [0.25, 0.3) is 0 Å². The van der Waals surface area contributed by atoms with Crippen molar-refractivity contribution in [2.45, 2.75) is 26.8 Å². The first-order valence-corrected chi connectivity index (χ1v) is 8.87. The van der Waals surface area contributed by atoms with Gasteiger partial charge in [0.15, 0.2) is 5.96 Å². The molecule has 2 rings (SSSR count). The van der Waals surface area contributed by atoms with Gasteiger partial charge in [-0.25, -0.2) is 9.98 Å². The highest BCUT2D eigenvalue weighted by Crippen LogP contribution is 2.11. The van der Waals surface area contributed by atoms with E-state index in [-0.39, 0.29) is 0 Å². The van der Waals surface area contributed by atoms with Crippen LogP contribution in [0.1, 0.15) is 24.3 Å². The predicted octanol–water partition coefficient (Wildman–Crippen LogP) is 2.64. The Bertz CT molecular complexity index is 588. The van der Waals surface area contributed by atoms with Crippen LogP contribution < -0.4 is 16.0 Å². The molecule has 124 valence electrons. The third kappa shape index (κ3) is 5.56. The Morgan fingerprint density at radius 3 is 2.74 bits per heavy atom. The Kier molecular flexibility index (Phi) is 6.87. The van der Waals surface area contributed by atoms with Gasteiger partial charge in [0.25, 0.3) is 0 Å². The van der Waals surface area contributed by atoms with E-state index in [0.717, 1.165) is 37.4 Å². The van der Waals surface area contributed by atoms with Crippen molar-refractivity contribution >= 4 is 23.1 Å². The van der Waals surface area contributed by atoms with E-state index in [1.165, 1.54) is 4.88 Å². The minimum atomic E-state index is 0.481. The van der Waals surface area contributed by atoms with Crippen molar-refractivity contribution in [2.24, 2.45) is 10.7 Å². The maximum atomic E-state index is 5.90. The lowest BCUT2D eigenvalue weighted by Gasteiger charge is -2.19. The van der Waals surface area contributed by atoms with Gasteiger partial charge in [0.2, 0.25) is 0 Å². The van der Waals surface area contributed by atoms with Crippen LogP contribution in [0, 0.1) is 0 Å². The number of nitrogens with one attached hydrogen (secondary N) is 1. The van der Waals surface area contributed by atoms with Crippen LogP contribution in [0.2, 0.25) is 0 Å². The van der Waals surface area contributed by atoms with Gasteiger partial charge in [-0.05, 0) is 43.3 Å². The Morgan fingerprint density at radius 1 is 1.30 bits per heavy atom. The van der Waals surface area contributed by atoms with Crippen LogP contribution in [0.4, 0.5) is 5.82 Å². The predicted molar refractivity (Wildman–Crippen MR) is 99.2 cm³/mol. The van der Waals surface area contributed by atoms with Crippen LogP contribution in [-0.2, 0) is 13.0 Å². The van der Waals surface area contributed by atoms with Gasteiger partial charge in [-0.1, -0.05) is 12.1 Å². The summed E-state index contributed by atoms with van der Waals surface area (Å²) in [6, 6.07) is 8.29. The van der Waals surface area contributed by atoms with E-state index in [1.807, 2.05) is 12.3 Å². The van der Waals surface area contributed by atoms with Crippen LogP contribution in [0.3, 0.4) is 0 Å². The number of pyridine rings is 1. The standard InChI is InChI=1S/C17H25N5S/c1-3-22(4-2)16-8-7-14(12-20-16)13-21-17(18)19-10-9-15-6-5-11-23-15/h5-8,11-12H,3-4,9-10,13H2,1-2H3,(H3,18,19,21). The van der Waals surface area contributed by atoms with Crippen molar-refractivity contribution in [1.82, 2.24) is 10.3 Å². The topological polar surface area (TPSA) is 66.5 Å². The number of nitrogens with two attached hydrogens (primary N) is 1. The zero-order chi connectivity index (χ0) is 16.5. The average Bonchev–Trinajstić information content (AvgIpc) is 3.08. The number of hydrogen-bond acceptors (Lipinski definition) is 4. The maximum Gasteiger partial charge on any atom is 0.188 e. The van der Waals surface area contributed by atoms with Gasteiger partial charge in [0, 0.05) is 30.7 Å². The number of rotatable bonds is 8. The maximum absolute atomic E-state index is 5.90. The molecule has 0 spiro atoms. The molecule has 0 aliphatic carbocycles. The quantitative estimate of drug-likeness (QED) is 0.576. The minimum absolute atomic E-state index is 0.481. The molecule has 2 aromatic rings. The van der Waals surface area contributed by atoms with Crippen LogP contribution in [-0.4, -0.2) is 30.6 Å². The number of anilines is 1. The van der Waals surface area contributed by atoms with E-state index in [9.17, 15) is 0 Å². The summed E-state index contributed by atoms with van der Waals surface area (Å²) in [5, 5.41) is 5.23. The Hall–Kier alpha value is -2.08. The summed E-state index contributed by atoms with van der Waals surface area (Å²) in [4.78, 5) is 12.4. The molecule has 0 aliphatic heterocycles. The molecule has 6 heteroatoms. The average molecular weight is 331 g/mol. The summed E-state index contributed by atoms with van der Waals surface area (Å²) in [6.07, 6.45) is 2.84. The fourth-order valence-electron chi connectivity index (χ4n) is 2.25. The first-order chi connectivity index (χ1) is 11.2. The monoisotopic (exact) mass is 331 g/mol. The molecule has 2 aromatic heterocycles. The van der Waals surface area contributed by atoms with Crippen molar-refractivity contribution in [3.63, 3.8) is 0 Å². The van der Waals surface area contributed by atoms with Gasteiger partial charge < -0.3 is 16.0 Å². The van der Waals surface area contributed by atoms with E-state index < -0.39 is 0 Å². The van der Waals surface area contributed by atoms with E-state index in [4.69, 9.17) is 5.73 Å². The Labute approximate surface area is 142 Å². The highest BCUT2D eigenvalue weighted by Gasteiger charge is 2.02. The summed E-state index contributed by atoms with van der Waals surface area (Å²) >= 11 is 1.76. The van der Waals surface area contributed by atoms with Crippen molar-refractivity contribution in [1.29, 1.82) is 0 Å². The van der Waals surface area contributed by atoms with Crippen molar-refractivity contribution in [2.75, 3.05) is 24.5 Å². The van der Waals surface area contributed by atoms with Crippen LogP contribution >= 0.6 is 11.3 Å². The molecule has 0 aliphatic rings. The summed E-state index contributed by atoms with van der Waals surface area (Å²) in [6.45, 7) is 7.53. The SMILES string of the molecule is CCN(CC)c1ccc(CN=C(N)NCCc2cccs2)cn1. The van der Waals surface area contributed by atoms with Crippen molar-refractivity contribution < 1.29 is 0 Å². The first kappa shape index (κ1) is 17.3. The number of thiophene rings is 1. The second kappa shape index (κ2) is 9.15. The molecule has 0 radical (unpaired) electrons. The first-order valence-electron chi connectivity index (χ1n) is 7.99. The van der Waals surface area contributed by atoms with E-state index in [0.29, 0.717) is 12.5 Å². The van der Waals surface area contributed by atoms with Gasteiger partial charge in [-0.2, -0.15) is 0 Å². The second-order valence-corrected chi connectivity index (χ2v) is 6.19. The molecule has 0 aromatic carbocycles. The summed E-state index contributed by atoms with van der Waals surface area (Å²) < 4.78 is 0. The smallest absolute Gasteiger partial charge is 0.188 e. The number of aromatic nitrogens is 1. The van der Waals surface area contributed by atoms with Gasteiger partial charge in [0.05, 0.1) is 6.54 Å². The van der Waals surface area contributed by atoms with Gasteiger partial charge in [0.1, 0.15) is 5.82 Å². The molecule has 3 N–H and O–H groups in total. The molecule has 5 nitrogen and oxygen atoms in total. The molecule has 0 amide bonds. The molecular weight excluding hydrogens is 306 g/mol. The largest absolute Gasteiger partial charge is 0.370 e. The zero-order valence-electron chi connectivity index (χ0n) is 13.8. The van der Waals surface area contributed by atoms with E-state index in [1.54, 1.807) is 11.3 Å². The van der Waals surface area contributed by atoms with Crippen LogP contribution in [0.15, 0.2) is 40.8 Å². The van der Waals surface area contributed by atoms with E-state index >= 15 is 0 Å². The molecule has 2 heterocycles. The minimum Gasteiger partial charge on any atom is -0.370 e. The lowest BCUT2D eigenvalue weighted by atomic mass is 10.3. The number of hydrogen-bond donors (Lipinski definition) is 2.